The molecule has 2 aliphatic heterocycles. The summed E-state index contributed by atoms with van der Waals surface area (Å²) in [4.78, 5) is 25.0. The van der Waals surface area contributed by atoms with E-state index in [-0.39, 0.29) is 29.6 Å². The number of rotatable bonds is 2. The Bertz CT molecular complexity index is 567. The van der Waals surface area contributed by atoms with Crippen LogP contribution in [0.25, 0.3) is 0 Å². The predicted octanol–water partition coefficient (Wildman–Crippen LogP) is 1.62. The lowest BCUT2D eigenvalue weighted by molar-refractivity contribution is -0.385. The largest absolute Gasteiger partial charge is 0.338 e. The van der Waals surface area contributed by atoms with E-state index < -0.39 is 4.92 Å². The molecule has 0 aliphatic carbocycles. The molecule has 1 aromatic carbocycles. The number of benzene rings is 1. The number of aryl methyl sites for hydroxylation is 1. The zero-order valence-corrected chi connectivity index (χ0v) is 12.6. The van der Waals surface area contributed by atoms with Gasteiger partial charge in [0, 0.05) is 32.2 Å². The smallest absolute Gasteiger partial charge is 0.282 e. The van der Waals surface area contributed by atoms with Crippen molar-refractivity contribution in [1.29, 1.82) is 0 Å². The van der Waals surface area contributed by atoms with Crippen molar-refractivity contribution in [2.45, 2.75) is 6.92 Å². The van der Waals surface area contributed by atoms with Crippen LogP contribution in [0.4, 0.5) is 5.69 Å². The highest BCUT2D eigenvalue weighted by Gasteiger charge is 2.39. The summed E-state index contributed by atoms with van der Waals surface area (Å²) in [6.07, 6.45) is 0. The fourth-order valence-corrected chi connectivity index (χ4v) is 3.26. The summed E-state index contributed by atoms with van der Waals surface area (Å²) in [6, 6.07) is 4.77. The normalized spacial score (nSPS) is 23.6. The molecule has 21 heavy (non-hydrogen) atoms. The second kappa shape index (κ2) is 5.99. The number of hydrogen-bond donors (Lipinski definition) is 1. The van der Waals surface area contributed by atoms with E-state index in [0.717, 1.165) is 13.1 Å². The van der Waals surface area contributed by atoms with Gasteiger partial charge >= 0.3 is 0 Å². The first-order valence-electron chi connectivity index (χ1n) is 6.82. The Morgan fingerprint density at radius 3 is 2.52 bits per heavy atom. The third-order valence-corrected chi connectivity index (χ3v) is 4.34. The van der Waals surface area contributed by atoms with E-state index in [9.17, 15) is 14.9 Å². The van der Waals surface area contributed by atoms with Crippen molar-refractivity contribution in [3.63, 3.8) is 0 Å². The fourth-order valence-electron chi connectivity index (χ4n) is 3.26. The molecule has 114 valence electrons. The quantitative estimate of drug-likeness (QED) is 0.665. The maximum Gasteiger partial charge on any atom is 0.282 e. The average molecular weight is 312 g/mol. The minimum Gasteiger partial charge on any atom is -0.338 e. The number of nitro groups is 1. The topological polar surface area (TPSA) is 75.5 Å². The first-order valence-corrected chi connectivity index (χ1v) is 6.82. The predicted molar refractivity (Wildman–Crippen MR) is 80.8 cm³/mol. The van der Waals surface area contributed by atoms with Crippen LogP contribution in [0.3, 0.4) is 0 Å². The number of fused-ring (bicyclic) bond motifs is 1. The molecule has 1 N–H and O–H groups in total. The molecular formula is C14H18ClN3O3. The van der Waals surface area contributed by atoms with Crippen molar-refractivity contribution in [3.8, 4) is 0 Å². The number of nitrogens with zero attached hydrogens (tertiary/aromatic N) is 2. The van der Waals surface area contributed by atoms with Gasteiger partial charge in [-0.05, 0) is 24.3 Å². The van der Waals surface area contributed by atoms with Gasteiger partial charge in [-0.15, -0.1) is 12.4 Å². The van der Waals surface area contributed by atoms with Gasteiger partial charge in [-0.3, -0.25) is 14.9 Å². The highest BCUT2D eigenvalue weighted by molar-refractivity contribution is 5.99. The molecule has 0 spiro atoms. The van der Waals surface area contributed by atoms with Gasteiger partial charge in [-0.2, -0.15) is 0 Å². The van der Waals surface area contributed by atoms with E-state index in [1.54, 1.807) is 24.0 Å². The number of carbonyl (C=O) groups is 1. The minimum absolute atomic E-state index is 0. The number of carbonyl (C=O) groups excluding carboxylic acids is 1. The summed E-state index contributed by atoms with van der Waals surface area (Å²) in [5, 5.41) is 14.4. The molecular weight excluding hydrogens is 294 g/mol. The zero-order valence-electron chi connectivity index (χ0n) is 11.7. The molecule has 3 rings (SSSR count). The van der Waals surface area contributed by atoms with Crippen molar-refractivity contribution in [2.24, 2.45) is 11.8 Å². The van der Waals surface area contributed by atoms with Crippen molar-refractivity contribution < 1.29 is 9.72 Å². The van der Waals surface area contributed by atoms with Crippen LogP contribution >= 0.6 is 12.4 Å². The zero-order chi connectivity index (χ0) is 14.3. The lowest BCUT2D eigenvalue weighted by atomic mass is 10.0. The molecule has 0 bridgehead atoms. The van der Waals surface area contributed by atoms with Crippen molar-refractivity contribution >= 4 is 24.0 Å². The maximum absolute atomic E-state index is 12.6. The van der Waals surface area contributed by atoms with Crippen molar-refractivity contribution in [3.05, 3.63) is 39.4 Å². The number of halogens is 1. The first kappa shape index (κ1) is 15.7. The van der Waals surface area contributed by atoms with Gasteiger partial charge in [0.2, 0.25) is 0 Å². The van der Waals surface area contributed by atoms with E-state index in [1.807, 2.05) is 0 Å². The Morgan fingerprint density at radius 2 is 1.95 bits per heavy atom. The number of amides is 1. The Morgan fingerprint density at radius 1 is 1.33 bits per heavy atom. The molecule has 0 unspecified atom stereocenters. The second-order valence-electron chi connectivity index (χ2n) is 5.61. The monoisotopic (exact) mass is 311 g/mol. The number of likely N-dealkylation sites (tertiary alicyclic amines) is 1. The van der Waals surface area contributed by atoms with Crippen LogP contribution < -0.4 is 5.32 Å². The van der Waals surface area contributed by atoms with Crippen molar-refractivity contribution in [2.75, 3.05) is 26.2 Å². The molecule has 1 aromatic rings. The molecule has 2 saturated heterocycles. The van der Waals surface area contributed by atoms with Gasteiger partial charge in [-0.1, -0.05) is 12.1 Å². The van der Waals surface area contributed by atoms with E-state index >= 15 is 0 Å². The van der Waals surface area contributed by atoms with Crippen LogP contribution in [-0.4, -0.2) is 41.9 Å². The van der Waals surface area contributed by atoms with E-state index in [4.69, 9.17) is 0 Å². The van der Waals surface area contributed by atoms with Gasteiger partial charge in [0.25, 0.3) is 11.6 Å². The summed E-state index contributed by atoms with van der Waals surface area (Å²) >= 11 is 0. The van der Waals surface area contributed by atoms with E-state index in [1.165, 1.54) is 6.07 Å². The molecule has 2 atom stereocenters. The molecule has 6 nitrogen and oxygen atoms in total. The SMILES string of the molecule is Cc1cccc([N+](=O)[O-])c1C(=O)N1C[C@H]2CNC[C@H]2C1.Cl. The highest BCUT2D eigenvalue weighted by atomic mass is 35.5. The molecule has 1 amide bonds. The Balaban J connectivity index is 0.00000161. The standard InChI is InChI=1S/C14H17N3O3.ClH/c1-9-3-2-4-12(17(19)20)13(9)14(18)16-7-10-5-15-6-11(10)8-16;/h2-4,10-11,15H,5-8H2,1H3;1H/t10-,11+;. The Labute approximate surface area is 129 Å². The van der Waals surface area contributed by atoms with Crippen molar-refractivity contribution in [1.82, 2.24) is 10.2 Å². The molecule has 0 aromatic heterocycles. The van der Waals surface area contributed by atoms with Gasteiger partial charge in [0.05, 0.1) is 4.92 Å². The molecule has 0 saturated carbocycles. The third kappa shape index (κ3) is 2.73. The average Bonchev–Trinajstić information content (AvgIpc) is 2.98. The van der Waals surface area contributed by atoms with Gasteiger partial charge in [-0.25, -0.2) is 0 Å². The van der Waals surface area contributed by atoms with E-state index in [2.05, 4.69) is 5.32 Å². The van der Waals surface area contributed by atoms with Crippen LogP contribution in [0.5, 0.6) is 0 Å². The first-order chi connectivity index (χ1) is 9.58. The van der Waals surface area contributed by atoms with Crippen LogP contribution in [0.2, 0.25) is 0 Å². The summed E-state index contributed by atoms with van der Waals surface area (Å²) in [7, 11) is 0. The summed E-state index contributed by atoms with van der Waals surface area (Å²) < 4.78 is 0. The lowest BCUT2D eigenvalue weighted by Gasteiger charge is -2.18. The van der Waals surface area contributed by atoms with Crippen LogP contribution in [0.15, 0.2) is 18.2 Å². The van der Waals surface area contributed by atoms with Crippen LogP contribution in [0, 0.1) is 28.9 Å². The molecule has 7 heteroatoms. The van der Waals surface area contributed by atoms with Crippen LogP contribution in [0.1, 0.15) is 15.9 Å². The Hall–Kier alpha value is -1.66. The summed E-state index contributed by atoms with van der Waals surface area (Å²) in [5.74, 6) is 0.772. The highest BCUT2D eigenvalue weighted by Crippen LogP contribution is 2.30. The van der Waals surface area contributed by atoms with Gasteiger partial charge in [0.1, 0.15) is 5.56 Å². The lowest BCUT2D eigenvalue weighted by Crippen LogP contribution is -2.32. The molecule has 0 radical (unpaired) electrons. The molecule has 2 heterocycles. The molecule has 2 fully saturated rings. The minimum atomic E-state index is -0.474. The van der Waals surface area contributed by atoms with E-state index in [0.29, 0.717) is 30.5 Å². The summed E-state index contributed by atoms with van der Waals surface area (Å²) in [5.41, 5.74) is 0.815. The molecule has 2 aliphatic rings. The number of nitrogens with one attached hydrogen (secondary N) is 1. The summed E-state index contributed by atoms with van der Waals surface area (Å²) in [6.45, 7) is 5.01. The maximum atomic E-state index is 12.6. The third-order valence-electron chi connectivity index (χ3n) is 4.34. The fraction of sp³-hybridized carbons (Fsp3) is 0.500. The second-order valence-corrected chi connectivity index (χ2v) is 5.61. The van der Waals surface area contributed by atoms with Gasteiger partial charge in [0.15, 0.2) is 0 Å². The van der Waals surface area contributed by atoms with Gasteiger partial charge < -0.3 is 10.2 Å². The number of nitro benzene ring substituents is 1. The number of hydrogen-bond acceptors (Lipinski definition) is 4. The Kier molecular flexibility index (Phi) is 4.49. The van der Waals surface area contributed by atoms with Crippen LogP contribution in [-0.2, 0) is 0 Å².